The molecule has 1 unspecified atom stereocenters. The summed E-state index contributed by atoms with van der Waals surface area (Å²) in [6, 6.07) is 1.83. The Morgan fingerprint density at radius 2 is 2.38 bits per heavy atom. The number of hydrogen-bond donors (Lipinski definition) is 1. The van der Waals surface area contributed by atoms with E-state index in [9.17, 15) is 5.11 Å². The molecule has 0 amide bonds. The minimum absolute atomic E-state index is 0.555. The lowest BCUT2D eigenvalue weighted by molar-refractivity contribution is 0.177. The molecule has 0 aliphatic rings. The zero-order valence-electron chi connectivity index (χ0n) is 9.42. The van der Waals surface area contributed by atoms with Gasteiger partial charge in [0.05, 0.1) is 18.2 Å². The Kier molecular flexibility index (Phi) is 3.05. The molecule has 2 rings (SSSR count). The van der Waals surface area contributed by atoms with E-state index in [1.165, 1.54) is 0 Å². The number of aryl methyl sites for hydroxylation is 2. The molecule has 0 fully saturated rings. The highest BCUT2D eigenvalue weighted by molar-refractivity contribution is 5.23. The van der Waals surface area contributed by atoms with Crippen molar-refractivity contribution in [3.8, 4) is 0 Å². The summed E-state index contributed by atoms with van der Waals surface area (Å²) in [6.07, 6.45) is 3.29. The predicted molar refractivity (Wildman–Crippen MR) is 57.8 cm³/mol. The second kappa shape index (κ2) is 4.49. The van der Waals surface area contributed by atoms with Gasteiger partial charge in [0.2, 0.25) is 0 Å². The summed E-state index contributed by atoms with van der Waals surface area (Å²) in [5, 5.41) is 17.9. The monoisotopic (exact) mass is 221 g/mol. The van der Waals surface area contributed by atoms with E-state index in [2.05, 4.69) is 17.2 Å². The van der Waals surface area contributed by atoms with Gasteiger partial charge in [0.15, 0.2) is 6.10 Å². The minimum Gasteiger partial charge on any atom is -0.466 e. The molecular formula is C11H15N3O2. The Morgan fingerprint density at radius 3 is 3.00 bits per heavy atom. The van der Waals surface area contributed by atoms with Crippen molar-refractivity contribution in [2.45, 2.75) is 32.9 Å². The van der Waals surface area contributed by atoms with E-state index in [4.69, 9.17) is 4.42 Å². The van der Waals surface area contributed by atoms with Gasteiger partial charge >= 0.3 is 0 Å². The largest absolute Gasteiger partial charge is 0.466 e. The summed E-state index contributed by atoms with van der Waals surface area (Å²) in [5.41, 5.74) is 1.59. The average Bonchev–Trinajstić information content (AvgIpc) is 2.87. The highest BCUT2D eigenvalue weighted by Gasteiger charge is 2.20. The van der Waals surface area contributed by atoms with E-state index in [-0.39, 0.29) is 0 Å². The first-order valence-corrected chi connectivity index (χ1v) is 5.34. The smallest absolute Gasteiger partial charge is 0.155 e. The van der Waals surface area contributed by atoms with Gasteiger partial charge < -0.3 is 9.52 Å². The van der Waals surface area contributed by atoms with E-state index in [1.54, 1.807) is 17.1 Å². The van der Waals surface area contributed by atoms with Crippen LogP contribution in [0.3, 0.4) is 0 Å². The average molecular weight is 221 g/mol. The third kappa shape index (κ3) is 1.86. The van der Waals surface area contributed by atoms with Crippen molar-refractivity contribution in [1.82, 2.24) is 15.0 Å². The minimum atomic E-state index is -0.795. The van der Waals surface area contributed by atoms with Crippen LogP contribution in [0.15, 0.2) is 22.9 Å². The van der Waals surface area contributed by atoms with Crippen LogP contribution in [0.5, 0.6) is 0 Å². The fourth-order valence-corrected chi connectivity index (χ4v) is 1.66. The van der Waals surface area contributed by atoms with E-state index in [0.29, 0.717) is 11.5 Å². The summed E-state index contributed by atoms with van der Waals surface area (Å²) in [6.45, 7) is 4.69. The quantitative estimate of drug-likeness (QED) is 0.853. The molecule has 1 N–H and O–H groups in total. The summed E-state index contributed by atoms with van der Waals surface area (Å²) in [4.78, 5) is 0. The summed E-state index contributed by atoms with van der Waals surface area (Å²) >= 11 is 0. The second-order valence-electron chi connectivity index (χ2n) is 3.75. The van der Waals surface area contributed by atoms with Gasteiger partial charge in [-0.2, -0.15) is 0 Å². The van der Waals surface area contributed by atoms with Crippen molar-refractivity contribution in [1.29, 1.82) is 0 Å². The number of nitrogens with zero attached hydrogens (tertiary/aromatic N) is 3. The number of rotatable bonds is 4. The van der Waals surface area contributed by atoms with E-state index >= 15 is 0 Å². The van der Waals surface area contributed by atoms with Crippen molar-refractivity contribution in [3.05, 3.63) is 35.5 Å². The molecule has 0 spiro atoms. The lowest BCUT2D eigenvalue weighted by atomic mass is 10.1. The Balaban J connectivity index is 2.30. The normalized spacial score (nSPS) is 12.9. The van der Waals surface area contributed by atoms with Crippen molar-refractivity contribution in [2.24, 2.45) is 0 Å². The molecule has 0 radical (unpaired) electrons. The van der Waals surface area contributed by atoms with Gasteiger partial charge in [-0.15, -0.1) is 5.10 Å². The van der Waals surface area contributed by atoms with Crippen LogP contribution < -0.4 is 0 Å². The van der Waals surface area contributed by atoms with Crippen molar-refractivity contribution in [3.63, 3.8) is 0 Å². The maximum Gasteiger partial charge on any atom is 0.155 e. The molecule has 0 aliphatic heterocycles. The van der Waals surface area contributed by atoms with Crippen molar-refractivity contribution < 1.29 is 9.52 Å². The molecule has 2 aromatic rings. The van der Waals surface area contributed by atoms with E-state index in [0.717, 1.165) is 18.5 Å². The van der Waals surface area contributed by atoms with Crippen LogP contribution in [0.25, 0.3) is 0 Å². The molecule has 86 valence electrons. The molecule has 0 saturated carbocycles. The fourth-order valence-electron chi connectivity index (χ4n) is 1.66. The maximum atomic E-state index is 10.2. The van der Waals surface area contributed by atoms with Gasteiger partial charge in [-0.1, -0.05) is 12.1 Å². The predicted octanol–water partition coefficient (Wildman–Crippen LogP) is 1.67. The zero-order chi connectivity index (χ0) is 11.5. The van der Waals surface area contributed by atoms with Gasteiger partial charge in [-0.25, -0.2) is 4.68 Å². The zero-order valence-corrected chi connectivity index (χ0v) is 9.42. The summed E-state index contributed by atoms with van der Waals surface area (Å²) in [5.74, 6) is 0.555. The molecule has 0 saturated heterocycles. The topological polar surface area (TPSA) is 64.1 Å². The number of hydrogen-bond acceptors (Lipinski definition) is 4. The van der Waals surface area contributed by atoms with Crippen LogP contribution in [-0.2, 0) is 6.54 Å². The Labute approximate surface area is 93.7 Å². The third-order valence-corrected chi connectivity index (χ3v) is 2.51. The number of aliphatic hydroxyl groups is 1. The first kappa shape index (κ1) is 10.9. The lowest BCUT2D eigenvalue weighted by Crippen LogP contribution is -2.10. The molecule has 5 nitrogen and oxygen atoms in total. The number of furan rings is 1. The Hall–Kier alpha value is -1.62. The Bertz CT molecular complexity index is 461. The van der Waals surface area contributed by atoms with Crippen LogP contribution >= 0.6 is 0 Å². The molecule has 5 heteroatoms. The van der Waals surface area contributed by atoms with Crippen molar-refractivity contribution in [2.75, 3.05) is 0 Å². The first-order valence-electron chi connectivity index (χ1n) is 5.34. The first-order chi connectivity index (χ1) is 7.74. The van der Waals surface area contributed by atoms with Gasteiger partial charge in [-0.05, 0) is 25.0 Å². The standard InChI is InChI=1S/C11H15N3O2/c1-3-5-14-9(7-12-13-14)10(15)11-8(2)4-6-16-11/h4,6-7,10,15H,3,5H2,1-2H3. The molecular weight excluding hydrogens is 206 g/mol. The molecule has 2 heterocycles. The number of aliphatic hydroxyl groups excluding tert-OH is 1. The molecule has 16 heavy (non-hydrogen) atoms. The Morgan fingerprint density at radius 1 is 1.56 bits per heavy atom. The molecule has 0 aromatic carbocycles. The van der Waals surface area contributed by atoms with Crippen molar-refractivity contribution >= 4 is 0 Å². The fraction of sp³-hybridized carbons (Fsp3) is 0.455. The maximum absolute atomic E-state index is 10.2. The van der Waals surface area contributed by atoms with E-state index in [1.807, 2.05) is 13.0 Å². The van der Waals surface area contributed by atoms with Crippen LogP contribution in [0.4, 0.5) is 0 Å². The van der Waals surface area contributed by atoms with E-state index < -0.39 is 6.10 Å². The SMILES string of the molecule is CCCn1nncc1C(O)c1occc1C. The molecule has 2 aromatic heterocycles. The molecule has 0 aliphatic carbocycles. The van der Waals surface area contributed by atoms with Crippen LogP contribution in [-0.4, -0.2) is 20.1 Å². The van der Waals surface area contributed by atoms with Gasteiger partial charge in [-0.3, -0.25) is 0 Å². The highest BCUT2D eigenvalue weighted by atomic mass is 16.4. The third-order valence-electron chi connectivity index (χ3n) is 2.51. The van der Waals surface area contributed by atoms with Crippen LogP contribution in [0, 0.1) is 6.92 Å². The molecule has 0 bridgehead atoms. The number of aromatic nitrogens is 3. The summed E-state index contributed by atoms with van der Waals surface area (Å²) < 4.78 is 6.97. The van der Waals surface area contributed by atoms with Gasteiger partial charge in [0.25, 0.3) is 0 Å². The van der Waals surface area contributed by atoms with Gasteiger partial charge in [0, 0.05) is 6.54 Å². The second-order valence-corrected chi connectivity index (χ2v) is 3.75. The molecule has 1 atom stereocenters. The van der Waals surface area contributed by atoms with Crippen LogP contribution in [0.2, 0.25) is 0 Å². The summed E-state index contributed by atoms with van der Waals surface area (Å²) in [7, 11) is 0. The van der Waals surface area contributed by atoms with Crippen LogP contribution in [0.1, 0.15) is 36.5 Å². The lowest BCUT2D eigenvalue weighted by Gasteiger charge is -2.10. The highest BCUT2D eigenvalue weighted by Crippen LogP contribution is 2.24. The van der Waals surface area contributed by atoms with Gasteiger partial charge in [0.1, 0.15) is 5.76 Å².